The fourth-order valence-corrected chi connectivity index (χ4v) is 2.74. The number of hydrogen-bond acceptors (Lipinski definition) is 5. The highest BCUT2D eigenvalue weighted by Gasteiger charge is 2.16. The number of nitrogens with one attached hydrogen (secondary N) is 1. The predicted octanol–water partition coefficient (Wildman–Crippen LogP) is 3.13. The zero-order chi connectivity index (χ0) is 13.0. The van der Waals surface area contributed by atoms with Gasteiger partial charge < -0.3 is 9.84 Å². The van der Waals surface area contributed by atoms with Crippen LogP contribution in [0.4, 0.5) is 0 Å². The molecule has 102 valence electrons. The Kier molecular flexibility index (Phi) is 4.67. The lowest BCUT2D eigenvalue weighted by Gasteiger charge is -2.15. The first kappa shape index (κ1) is 13.9. The van der Waals surface area contributed by atoms with E-state index in [4.69, 9.17) is 4.52 Å². The molecule has 0 amide bonds. The molecule has 5 heteroatoms. The third-order valence-corrected chi connectivity index (χ3v) is 4.31. The molecular formula is C13H23N3OS. The topological polar surface area (TPSA) is 51.0 Å². The van der Waals surface area contributed by atoms with Gasteiger partial charge in [0.25, 0.3) is 0 Å². The Morgan fingerprint density at radius 1 is 1.33 bits per heavy atom. The number of rotatable bonds is 5. The summed E-state index contributed by atoms with van der Waals surface area (Å²) >= 11 is 1.84. The molecule has 1 aromatic rings. The average molecular weight is 269 g/mol. The minimum absolute atomic E-state index is 0.239. The maximum Gasteiger partial charge on any atom is 0.240 e. The van der Waals surface area contributed by atoms with E-state index in [9.17, 15) is 0 Å². The largest absolute Gasteiger partial charge is 0.338 e. The molecule has 0 saturated heterocycles. The molecule has 1 aliphatic rings. The van der Waals surface area contributed by atoms with Gasteiger partial charge in [-0.15, -0.1) is 11.8 Å². The van der Waals surface area contributed by atoms with Crippen LogP contribution in [0.2, 0.25) is 0 Å². The minimum Gasteiger partial charge on any atom is -0.338 e. The molecule has 2 rings (SSSR count). The molecule has 4 nitrogen and oxygen atoms in total. The van der Waals surface area contributed by atoms with Gasteiger partial charge in [0, 0.05) is 10.8 Å². The molecule has 1 aliphatic carbocycles. The first-order valence-corrected chi connectivity index (χ1v) is 7.70. The van der Waals surface area contributed by atoms with Crippen LogP contribution in [-0.4, -0.2) is 20.9 Å². The summed E-state index contributed by atoms with van der Waals surface area (Å²) in [6.07, 6.45) is 5.24. The minimum atomic E-state index is 0.239. The van der Waals surface area contributed by atoms with Gasteiger partial charge in [-0.1, -0.05) is 38.8 Å². The number of thioether (sulfide) groups is 1. The van der Waals surface area contributed by atoms with Gasteiger partial charge in [-0.2, -0.15) is 4.98 Å². The van der Waals surface area contributed by atoms with Gasteiger partial charge in [0.15, 0.2) is 5.82 Å². The van der Waals surface area contributed by atoms with E-state index in [0.717, 1.165) is 11.6 Å². The molecule has 0 aliphatic heterocycles. The molecule has 0 radical (unpaired) electrons. The van der Waals surface area contributed by atoms with Crippen LogP contribution in [0.25, 0.3) is 0 Å². The maximum atomic E-state index is 5.25. The molecular weight excluding hydrogens is 246 g/mol. The predicted molar refractivity (Wildman–Crippen MR) is 74.4 cm³/mol. The van der Waals surface area contributed by atoms with E-state index in [2.05, 4.69) is 36.2 Å². The first-order valence-electron chi connectivity index (χ1n) is 6.72. The molecule has 1 fully saturated rings. The molecule has 0 atom stereocenters. The van der Waals surface area contributed by atoms with Gasteiger partial charge >= 0.3 is 0 Å². The monoisotopic (exact) mass is 269 g/mol. The second-order valence-corrected chi connectivity index (χ2v) is 7.67. The van der Waals surface area contributed by atoms with Crippen LogP contribution in [0.3, 0.4) is 0 Å². The van der Waals surface area contributed by atoms with E-state index in [-0.39, 0.29) is 4.75 Å². The first-order chi connectivity index (χ1) is 8.53. The van der Waals surface area contributed by atoms with E-state index < -0.39 is 0 Å². The van der Waals surface area contributed by atoms with E-state index in [1.807, 2.05) is 11.8 Å². The third-order valence-electron chi connectivity index (χ3n) is 3.04. The van der Waals surface area contributed by atoms with Gasteiger partial charge in [0.2, 0.25) is 5.89 Å². The van der Waals surface area contributed by atoms with Crippen molar-refractivity contribution in [2.24, 2.45) is 0 Å². The highest BCUT2D eigenvalue weighted by molar-refractivity contribution is 7.99. The Labute approximate surface area is 113 Å². The Bertz CT molecular complexity index is 367. The number of aromatic nitrogens is 2. The van der Waals surface area contributed by atoms with Crippen molar-refractivity contribution in [1.82, 2.24) is 15.5 Å². The third kappa shape index (κ3) is 4.61. The summed E-state index contributed by atoms with van der Waals surface area (Å²) in [5.74, 6) is 2.33. The lowest BCUT2D eigenvalue weighted by atomic mass is 10.2. The second-order valence-electron chi connectivity index (χ2n) is 5.87. The Balaban J connectivity index is 1.75. The van der Waals surface area contributed by atoms with E-state index in [1.165, 1.54) is 25.7 Å². The summed E-state index contributed by atoms with van der Waals surface area (Å²) in [4.78, 5) is 4.41. The normalized spacial score (nSPS) is 17.5. The highest BCUT2D eigenvalue weighted by atomic mass is 32.2. The summed E-state index contributed by atoms with van der Waals surface area (Å²) in [5.41, 5.74) is 0. The van der Waals surface area contributed by atoms with Crippen molar-refractivity contribution in [2.75, 3.05) is 0 Å². The SMILES string of the molecule is CC(C)(C)SCc1noc(CNC2CCCC2)n1. The molecule has 0 unspecified atom stereocenters. The summed E-state index contributed by atoms with van der Waals surface area (Å²) in [6, 6.07) is 0.643. The van der Waals surface area contributed by atoms with Crippen LogP contribution >= 0.6 is 11.8 Å². The van der Waals surface area contributed by atoms with Gasteiger partial charge in [-0.25, -0.2) is 0 Å². The number of hydrogen-bond donors (Lipinski definition) is 1. The lowest BCUT2D eigenvalue weighted by molar-refractivity contribution is 0.354. The van der Waals surface area contributed by atoms with Gasteiger partial charge in [0.05, 0.1) is 12.3 Å². The second kappa shape index (κ2) is 6.06. The van der Waals surface area contributed by atoms with Gasteiger partial charge in [0.1, 0.15) is 0 Å². The molecule has 1 heterocycles. The van der Waals surface area contributed by atoms with E-state index >= 15 is 0 Å². The summed E-state index contributed by atoms with van der Waals surface area (Å²) in [7, 11) is 0. The fraction of sp³-hybridized carbons (Fsp3) is 0.846. The Morgan fingerprint density at radius 3 is 2.72 bits per heavy atom. The van der Waals surface area contributed by atoms with E-state index in [1.54, 1.807) is 0 Å². The zero-order valence-corrected chi connectivity index (χ0v) is 12.3. The van der Waals surface area contributed by atoms with Crippen LogP contribution in [0.5, 0.6) is 0 Å². The lowest BCUT2D eigenvalue weighted by Crippen LogP contribution is -2.25. The van der Waals surface area contributed by atoms with Crippen LogP contribution in [0, 0.1) is 0 Å². The van der Waals surface area contributed by atoms with Crippen molar-refractivity contribution >= 4 is 11.8 Å². The molecule has 1 saturated carbocycles. The van der Waals surface area contributed by atoms with Gasteiger partial charge in [-0.05, 0) is 12.8 Å². The average Bonchev–Trinajstić information content (AvgIpc) is 2.94. The Hall–Kier alpha value is -0.550. The van der Waals surface area contributed by atoms with Crippen molar-refractivity contribution in [3.05, 3.63) is 11.7 Å². The van der Waals surface area contributed by atoms with Crippen molar-refractivity contribution < 1.29 is 4.52 Å². The molecule has 0 bridgehead atoms. The van der Waals surface area contributed by atoms with Crippen molar-refractivity contribution in [2.45, 2.75) is 69.5 Å². The molecule has 18 heavy (non-hydrogen) atoms. The molecule has 0 aromatic carbocycles. The smallest absolute Gasteiger partial charge is 0.240 e. The highest BCUT2D eigenvalue weighted by Crippen LogP contribution is 2.26. The zero-order valence-electron chi connectivity index (χ0n) is 11.5. The van der Waals surface area contributed by atoms with Crippen LogP contribution in [0.15, 0.2) is 4.52 Å². The Morgan fingerprint density at radius 2 is 2.06 bits per heavy atom. The van der Waals surface area contributed by atoms with Crippen molar-refractivity contribution in [1.29, 1.82) is 0 Å². The molecule has 0 spiro atoms. The van der Waals surface area contributed by atoms with Gasteiger partial charge in [-0.3, -0.25) is 0 Å². The van der Waals surface area contributed by atoms with Crippen molar-refractivity contribution in [3.63, 3.8) is 0 Å². The summed E-state index contributed by atoms with van der Waals surface area (Å²) in [5, 5.41) is 7.50. The van der Waals surface area contributed by atoms with Crippen LogP contribution in [0.1, 0.15) is 58.2 Å². The van der Waals surface area contributed by atoms with Crippen LogP contribution < -0.4 is 5.32 Å². The maximum absolute atomic E-state index is 5.25. The van der Waals surface area contributed by atoms with E-state index in [0.29, 0.717) is 18.5 Å². The fourth-order valence-electron chi connectivity index (χ4n) is 2.06. The molecule has 1 aromatic heterocycles. The quantitative estimate of drug-likeness (QED) is 0.890. The number of nitrogens with zero attached hydrogens (tertiary/aromatic N) is 2. The standard InChI is InChI=1S/C13H23N3OS/c1-13(2,3)18-9-11-15-12(17-16-11)8-14-10-6-4-5-7-10/h10,14H,4-9H2,1-3H3. The van der Waals surface area contributed by atoms with Crippen molar-refractivity contribution in [3.8, 4) is 0 Å². The molecule has 1 N–H and O–H groups in total. The van der Waals surface area contributed by atoms with Crippen LogP contribution in [-0.2, 0) is 12.3 Å². The summed E-state index contributed by atoms with van der Waals surface area (Å²) < 4.78 is 5.49. The summed E-state index contributed by atoms with van der Waals surface area (Å²) in [6.45, 7) is 7.29.